The number of hydrogen-bond donors (Lipinski definition) is 0. The summed E-state index contributed by atoms with van der Waals surface area (Å²) in [6.07, 6.45) is 0. The first-order chi connectivity index (χ1) is 1.00. The van der Waals surface area contributed by atoms with Crippen molar-refractivity contribution in [3.05, 3.63) is 0 Å². The van der Waals surface area contributed by atoms with E-state index in [1.165, 1.54) is 0 Å². The van der Waals surface area contributed by atoms with Crippen LogP contribution in [0, 0.1) is 0 Å². The zero-order chi connectivity index (χ0) is 2.00. The van der Waals surface area contributed by atoms with E-state index >= 15 is 0 Å². The fourth-order valence-corrected chi connectivity index (χ4v) is 0. The van der Waals surface area contributed by atoms with Crippen molar-refractivity contribution in [2.45, 2.75) is 0 Å². The molecule has 0 rings (SSSR count). The first-order valence-corrected chi connectivity index (χ1v) is 0.595. The molecule has 4 heteroatoms. The molecule has 0 aliphatic rings. The zero-order valence-corrected chi connectivity index (χ0v) is 7.82. The second-order valence-corrected chi connectivity index (χ2v) is 0. The molecule has 0 saturated carbocycles. The van der Waals surface area contributed by atoms with Gasteiger partial charge in [0.2, 0.25) is 0 Å². The Kier molecular flexibility index (Phi) is 116. The summed E-state index contributed by atoms with van der Waals surface area (Å²) in [7, 11) is 0. The van der Waals surface area contributed by atoms with Crippen molar-refractivity contribution in [1.29, 1.82) is 0 Å². The molecule has 0 amide bonds. The molecule has 0 aromatic heterocycles. The summed E-state index contributed by atoms with van der Waals surface area (Å²) in [5, 5.41) is 0. The van der Waals surface area contributed by atoms with E-state index < -0.39 is 0 Å². The first-order valence-electron chi connectivity index (χ1n) is 0.144. The number of hydrogen-bond acceptors (Lipinski definition) is 1. The van der Waals surface area contributed by atoms with Gasteiger partial charge >= 0.3 is 19.8 Å². The monoisotopic (exact) mass is 193 g/mol. The molecule has 0 aromatic rings. The molecular formula is H3FeOSiZr. The van der Waals surface area contributed by atoms with Gasteiger partial charge in [-0.05, 0) is 11.0 Å². The van der Waals surface area contributed by atoms with E-state index in [1.807, 2.05) is 15.9 Å². The Hall–Kier alpha value is 1.42. The summed E-state index contributed by atoms with van der Waals surface area (Å²) < 4.78 is 8.00. The van der Waals surface area contributed by atoms with Crippen LogP contribution in [0.5, 0.6) is 0 Å². The van der Waals surface area contributed by atoms with Gasteiger partial charge in [-0.2, -0.15) is 0 Å². The maximum absolute atomic E-state index is 8.00. The van der Waals surface area contributed by atoms with Crippen molar-refractivity contribution >= 4 is 11.0 Å². The maximum atomic E-state index is 8.00. The standard InChI is InChI=1S/Fe.O.H3Si.Zr/h;;1H3;. The molecular weight excluding hydrogens is 191 g/mol. The Balaban J connectivity index is -0.00000000500. The van der Waals surface area contributed by atoms with Gasteiger partial charge in [-0.3, -0.25) is 0 Å². The third-order valence-electron chi connectivity index (χ3n) is 0. The van der Waals surface area contributed by atoms with E-state index in [4.69, 9.17) is 3.83 Å². The minimum absolute atomic E-state index is 0. The predicted octanol–water partition coefficient (Wildman–Crippen LogP) is -1.31. The molecule has 0 unspecified atom stereocenters. The van der Waals surface area contributed by atoms with Gasteiger partial charge in [0.1, 0.15) is 0 Å². The number of rotatable bonds is 0. The summed E-state index contributed by atoms with van der Waals surface area (Å²) in [6.45, 7) is 0. The smallest absolute Gasteiger partial charge is 0 e. The van der Waals surface area contributed by atoms with Gasteiger partial charge in [0.15, 0.2) is 0 Å². The fraction of sp³-hybridized carbons (Fsp3) is 0. The second kappa shape index (κ2) is 25.6. The normalized spacial score (nSPS) is 1.25. The van der Waals surface area contributed by atoms with E-state index in [1.54, 1.807) is 0 Å². The van der Waals surface area contributed by atoms with Gasteiger partial charge in [0, 0.05) is 26.2 Å². The van der Waals surface area contributed by atoms with Crippen molar-refractivity contribution < 1.29 is 46.0 Å². The van der Waals surface area contributed by atoms with Crippen LogP contribution in [0.25, 0.3) is 0 Å². The molecule has 0 aliphatic heterocycles. The van der Waals surface area contributed by atoms with Crippen molar-refractivity contribution in [3.63, 3.8) is 0 Å². The third kappa shape index (κ3) is 9.93. The Morgan fingerprint density at radius 1 is 1.25 bits per heavy atom. The SMILES string of the molecule is [O]=[Fe].[SiH3].[Zr]. The average Bonchev–Trinajstić information content (AvgIpc) is 1.00. The molecule has 0 spiro atoms. The van der Waals surface area contributed by atoms with Gasteiger partial charge < -0.3 is 0 Å². The molecule has 1 nitrogen and oxygen atoms in total. The topological polar surface area (TPSA) is 17.1 Å². The van der Waals surface area contributed by atoms with Crippen LogP contribution < -0.4 is 0 Å². The molecule has 25 valence electrons. The Morgan fingerprint density at radius 2 is 1.25 bits per heavy atom. The van der Waals surface area contributed by atoms with E-state index in [-0.39, 0.29) is 37.2 Å². The summed E-state index contributed by atoms with van der Waals surface area (Å²) in [5.41, 5.74) is 0. The van der Waals surface area contributed by atoms with Gasteiger partial charge in [-0.15, -0.1) is 0 Å². The quantitative estimate of drug-likeness (QED) is 0.438. The van der Waals surface area contributed by atoms with Crippen molar-refractivity contribution in [2.24, 2.45) is 0 Å². The Morgan fingerprint density at radius 3 is 1.25 bits per heavy atom. The molecule has 0 heterocycles. The van der Waals surface area contributed by atoms with Crippen LogP contribution >= 0.6 is 0 Å². The van der Waals surface area contributed by atoms with E-state index in [0.29, 0.717) is 0 Å². The van der Waals surface area contributed by atoms with E-state index in [2.05, 4.69) is 0 Å². The first kappa shape index (κ1) is 18.1. The maximum Gasteiger partial charge on any atom is 0 e. The van der Waals surface area contributed by atoms with Crippen molar-refractivity contribution in [2.75, 3.05) is 0 Å². The minimum atomic E-state index is 0. The second-order valence-electron chi connectivity index (χ2n) is 0. The van der Waals surface area contributed by atoms with Crippen molar-refractivity contribution in [3.8, 4) is 0 Å². The van der Waals surface area contributed by atoms with E-state index in [0.717, 1.165) is 0 Å². The van der Waals surface area contributed by atoms with Gasteiger partial charge in [0.25, 0.3) is 0 Å². The van der Waals surface area contributed by atoms with Crippen LogP contribution in [-0.4, -0.2) is 11.0 Å². The third-order valence-corrected chi connectivity index (χ3v) is 0. The average molecular weight is 194 g/mol. The molecule has 4 heavy (non-hydrogen) atoms. The van der Waals surface area contributed by atoms with Crippen LogP contribution in [0.1, 0.15) is 0 Å². The molecule has 0 aliphatic carbocycles. The molecule has 0 bridgehead atoms. The van der Waals surface area contributed by atoms with Crippen LogP contribution in [0.3, 0.4) is 0 Å². The molecule has 0 atom stereocenters. The van der Waals surface area contributed by atoms with Gasteiger partial charge in [-0.25, -0.2) is 0 Å². The van der Waals surface area contributed by atoms with E-state index in [9.17, 15) is 0 Å². The summed E-state index contributed by atoms with van der Waals surface area (Å²) in [4.78, 5) is 0. The molecule has 0 fully saturated rings. The molecule has 0 aromatic carbocycles. The van der Waals surface area contributed by atoms with Gasteiger partial charge in [0.05, 0.1) is 0 Å². The van der Waals surface area contributed by atoms with Crippen LogP contribution in [0.4, 0.5) is 0 Å². The molecule has 0 saturated heterocycles. The van der Waals surface area contributed by atoms with Crippen LogP contribution in [0.2, 0.25) is 0 Å². The zero-order valence-electron chi connectivity index (χ0n) is 2.26. The predicted molar refractivity (Wildman–Crippen MR) is 10.6 cm³/mol. The minimum Gasteiger partial charge on any atom is -0.0125 e. The Bertz CT molecular complexity index is 8.00. The fourth-order valence-electron chi connectivity index (χ4n) is 0. The van der Waals surface area contributed by atoms with Crippen molar-refractivity contribution in [1.82, 2.24) is 0 Å². The van der Waals surface area contributed by atoms with Crippen LogP contribution in [0.15, 0.2) is 0 Å². The van der Waals surface area contributed by atoms with Gasteiger partial charge in [-0.1, -0.05) is 0 Å². The van der Waals surface area contributed by atoms with Crippen LogP contribution in [-0.2, 0) is 46.0 Å². The molecule has 1 radical (unpaired) electrons. The summed E-state index contributed by atoms with van der Waals surface area (Å²) in [5.74, 6) is 0. The summed E-state index contributed by atoms with van der Waals surface area (Å²) >= 11 is 2.00. The summed E-state index contributed by atoms with van der Waals surface area (Å²) in [6, 6.07) is 0. The largest absolute Gasteiger partial charge is 0.0125 e. The molecule has 0 N–H and O–H groups in total. The Labute approximate surface area is 56.7 Å².